The van der Waals surface area contributed by atoms with E-state index in [4.69, 9.17) is 5.11 Å². The number of carboxylic acids is 1. The Bertz CT molecular complexity index is 366. The molecule has 1 N–H and O–H groups in total. The Labute approximate surface area is 103 Å². The van der Waals surface area contributed by atoms with Gasteiger partial charge in [0.15, 0.2) is 0 Å². The maximum Gasteiger partial charge on any atom is 0.308 e. The van der Waals surface area contributed by atoms with Gasteiger partial charge in [-0.3, -0.25) is 4.79 Å². The monoisotopic (exact) mass is 263 g/mol. The summed E-state index contributed by atoms with van der Waals surface area (Å²) < 4.78 is 22.6. The number of carboxylic acid groups (broad SMARTS) is 1. The molecule has 1 fully saturated rings. The average Bonchev–Trinajstić information content (AvgIpc) is 2.59. The lowest BCUT2D eigenvalue weighted by Crippen LogP contribution is -2.25. The van der Waals surface area contributed by atoms with Gasteiger partial charge in [-0.1, -0.05) is 13.8 Å². The molecule has 0 saturated carbocycles. The second-order valence-electron chi connectivity index (χ2n) is 4.77. The minimum absolute atomic E-state index is 0.148. The molecule has 6 heteroatoms. The minimum atomic E-state index is -2.90. The van der Waals surface area contributed by atoms with Gasteiger partial charge in [-0.25, -0.2) is 8.42 Å². The molecule has 1 aliphatic rings. The zero-order valence-corrected chi connectivity index (χ0v) is 11.2. The van der Waals surface area contributed by atoms with Crippen LogP contribution in [0.2, 0.25) is 0 Å². The largest absolute Gasteiger partial charge is 0.481 e. The molecule has 0 aliphatic carbocycles. The lowest BCUT2D eigenvalue weighted by Gasteiger charge is -2.14. The summed E-state index contributed by atoms with van der Waals surface area (Å²) in [4.78, 5) is 13.0. The van der Waals surface area contributed by atoms with E-state index >= 15 is 0 Å². The zero-order chi connectivity index (χ0) is 13.1. The first kappa shape index (κ1) is 14.4. The quantitative estimate of drug-likeness (QED) is 0.753. The Morgan fingerprint density at radius 3 is 2.53 bits per heavy atom. The summed E-state index contributed by atoms with van der Waals surface area (Å²) in [5.41, 5.74) is 0. The van der Waals surface area contributed by atoms with Gasteiger partial charge in [0.2, 0.25) is 0 Å². The number of carbonyl (C=O) groups is 1. The van der Waals surface area contributed by atoms with Gasteiger partial charge >= 0.3 is 5.97 Å². The molecule has 1 saturated heterocycles. The first-order valence-electron chi connectivity index (χ1n) is 6.01. The van der Waals surface area contributed by atoms with Crippen LogP contribution in [0.15, 0.2) is 0 Å². The van der Waals surface area contributed by atoms with Crippen molar-refractivity contribution in [3.05, 3.63) is 0 Å². The third-order valence-corrected chi connectivity index (χ3v) is 5.17. The highest BCUT2D eigenvalue weighted by molar-refractivity contribution is 7.91. The molecule has 0 aromatic carbocycles. The number of hydrogen-bond acceptors (Lipinski definition) is 4. The predicted octanol–water partition coefficient (Wildman–Crippen LogP) is 0.464. The lowest BCUT2D eigenvalue weighted by atomic mass is 9.99. The molecule has 0 spiro atoms. The zero-order valence-electron chi connectivity index (χ0n) is 10.4. The van der Waals surface area contributed by atoms with E-state index < -0.39 is 15.8 Å². The third kappa shape index (κ3) is 4.27. The van der Waals surface area contributed by atoms with E-state index in [0.29, 0.717) is 19.5 Å². The maximum atomic E-state index is 11.3. The smallest absolute Gasteiger partial charge is 0.308 e. The number of rotatable bonds is 6. The normalized spacial score (nSPS) is 26.2. The first-order chi connectivity index (χ1) is 7.85. The van der Waals surface area contributed by atoms with Crippen LogP contribution in [0.1, 0.15) is 20.3 Å². The number of hydrogen-bond donors (Lipinski definition) is 1. The van der Waals surface area contributed by atoms with Crippen molar-refractivity contribution in [2.45, 2.75) is 20.3 Å². The van der Waals surface area contributed by atoms with Crippen LogP contribution in [0.3, 0.4) is 0 Å². The van der Waals surface area contributed by atoms with E-state index in [0.717, 1.165) is 6.54 Å². The van der Waals surface area contributed by atoms with Crippen LogP contribution in [0.5, 0.6) is 0 Å². The van der Waals surface area contributed by atoms with Crippen molar-refractivity contribution in [2.24, 2.45) is 11.8 Å². The number of nitrogens with zero attached hydrogens (tertiary/aromatic N) is 1. The molecular weight excluding hydrogens is 242 g/mol. The SMILES string of the molecule is CCS(=O)(=O)CCCN1C[C@@H](C)[C@H](C(=O)O)C1. The van der Waals surface area contributed by atoms with Crippen molar-refractivity contribution in [3.8, 4) is 0 Å². The minimum Gasteiger partial charge on any atom is -0.481 e. The molecule has 1 aliphatic heterocycles. The van der Waals surface area contributed by atoms with Gasteiger partial charge < -0.3 is 10.0 Å². The summed E-state index contributed by atoms with van der Waals surface area (Å²) in [6, 6.07) is 0. The van der Waals surface area contributed by atoms with Gasteiger partial charge in [-0.05, 0) is 18.9 Å². The lowest BCUT2D eigenvalue weighted by molar-refractivity contribution is -0.142. The highest BCUT2D eigenvalue weighted by atomic mass is 32.2. The first-order valence-corrected chi connectivity index (χ1v) is 7.83. The Kier molecular flexibility index (Phi) is 4.94. The van der Waals surface area contributed by atoms with E-state index in [2.05, 4.69) is 4.90 Å². The van der Waals surface area contributed by atoms with Gasteiger partial charge in [0.25, 0.3) is 0 Å². The standard InChI is InChI=1S/C11H21NO4S/c1-3-17(15,16)6-4-5-12-7-9(2)10(8-12)11(13)14/h9-10H,3-8H2,1-2H3,(H,13,14)/t9-,10-/m1/s1. The molecule has 0 aromatic rings. The number of sulfone groups is 1. The van der Waals surface area contributed by atoms with Crippen LogP contribution in [0.25, 0.3) is 0 Å². The van der Waals surface area contributed by atoms with Crippen molar-refractivity contribution in [2.75, 3.05) is 31.1 Å². The Balaban J connectivity index is 2.34. The number of likely N-dealkylation sites (tertiary alicyclic amines) is 1. The van der Waals surface area contributed by atoms with Gasteiger partial charge in [0, 0.05) is 18.8 Å². The molecule has 1 rings (SSSR count). The van der Waals surface area contributed by atoms with E-state index in [1.54, 1.807) is 6.92 Å². The molecule has 0 aromatic heterocycles. The average molecular weight is 263 g/mol. The van der Waals surface area contributed by atoms with Crippen LogP contribution < -0.4 is 0 Å². The molecule has 0 bridgehead atoms. The van der Waals surface area contributed by atoms with E-state index in [-0.39, 0.29) is 23.3 Å². The molecule has 1 heterocycles. The Morgan fingerprint density at radius 2 is 2.06 bits per heavy atom. The van der Waals surface area contributed by atoms with Crippen LogP contribution in [-0.2, 0) is 14.6 Å². The Hall–Kier alpha value is -0.620. The summed E-state index contributed by atoms with van der Waals surface area (Å²) in [7, 11) is -2.90. The van der Waals surface area contributed by atoms with Crippen molar-refractivity contribution >= 4 is 15.8 Å². The molecule has 100 valence electrons. The van der Waals surface area contributed by atoms with Crippen LogP contribution in [0.4, 0.5) is 0 Å². The van der Waals surface area contributed by atoms with Crippen molar-refractivity contribution in [3.63, 3.8) is 0 Å². The second kappa shape index (κ2) is 5.82. The molecule has 5 nitrogen and oxygen atoms in total. The van der Waals surface area contributed by atoms with Crippen LogP contribution in [-0.4, -0.2) is 55.5 Å². The van der Waals surface area contributed by atoms with Gasteiger partial charge in [0.05, 0.1) is 11.7 Å². The molecule has 0 unspecified atom stereocenters. The molecule has 17 heavy (non-hydrogen) atoms. The van der Waals surface area contributed by atoms with Crippen molar-refractivity contribution in [1.29, 1.82) is 0 Å². The van der Waals surface area contributed by atoms with Crippen molar-refractivity contribution < 1.29 is 18.3 Å². The fourth-order valence-corrected chi connectivity index (χ4v) is 3.08. The molecule has 0 amide bonds. The van der Waals surface area contributed by atoms with E-state index in [1.165, 1.54) is 0 Å². The van der Waals surface area contributed by atoms with Crippen LogP contribution in [0, 0.1) is 11.8 Å². The van der Waals surface area contributed by atoms with Crippen molar-refractivity contribution in [1.82, 2.24) is 4.90 Å². The second-order valence-corrected chi connectivity index (χ2v) is 7.24. The highest BCUT2D eigenvalue weighted by Gasteiger charge is 2.34. The van der Waals surface area contributed by atoms with E-state index in [1.807, 2.05) is 6.92 Å². The van der Waals surface area contributed by atoms with Crippen LogP contribution >= 0.6 is 0 Å². The summed E-state index contributed by atoms with van der Waals surface area (Å²) in [5.74, 6) is -0.526. The fourth-order valence-electron chi connectivity index (χ4n) is 2.22. The molecular formula is C11H21NO4S. The molecule has 0 radical (unpaired) electrons. The maximum absolute atomic E-state index is 11.3. The topological polar surface area (TPSA) is 74.7 Å². The van der Waals surface area contributed by atoms with Gasteiger partial charge in [0.1, 0.15) is 9.84 Å². The summed E-state index contributed by atoms with van der Waals surface area (Å²) in [6.07, 6.45) is 0.592. The third-order valence-electron chi connectivity index (χ3n) is 3.37. The predicted molar refractivity (Wildman–Crippen MR) is 65.7 cm³/mol. The summed E-state index contributed by atoms with van der Waals surface area (Å²) >= 11 is 0. The van der Waals surface area contributed by atoms with E-state index in [9.17, 15) is 13.2 Å². The van der Waals surface area contributed by atoms with Gasteiger partial charge in [-0.15, -0.1) is 0 Å². The summed E-state index contributed by atoms with van der Waals surface area (Å²) in [6.45, 7) is 5.55. The molecule has 2 atom stereocenters. The number of aliphatic carboxylic acids is 1. The highest BCUT2D eigenvalue weighted by Crippen LogP contribution is 2.23. The summed E-state index contributed by atoms with van der Waals surface area (Å²) in [5, 5.41) is 8.97. The Morgan fingerprint density at radius 1 is 1.41 bits per heavy atom. The van der Waals surface area contributed by atoms with Gasteiger partial charge in [-0.2, -0.15) is 0 Å². The fraction of sp³-hybridized carbons (Fsp3) is 0.909.